The average molecular weight is 459 g/mol. The van der Waals surface area contributed by atoms with Gasteiger partial charge in [-0.05, 0) is 61.6 Å². The van der Waals surface area contributed by atoms with Crippen molar-refractivity contribution in [3.63, 3.8) is 0 Å². The smallest absolute Gasteiger partial charge is 0.434 e. The number of amides is 2. The normalized spacial score (nSPS) is 14.0. The summed E-state index contributed by atoms with van der Waals surface area (Å²) < 4.78 is 9.74. The standard InChI is InChI=1S/C24H27ClN2O5/c1-2-31-24(30)32-20-9-7-18(8-10-20)23(29)27-13-11-17(12-14-27)16-26-22(28)15-19-5-3-4-6-21(19)25/h3-10,17H,2,11-16H2,1H3,(H,26,28). The number of nitrogens with one attached hydrogen (secondary N) is 1. The number of ether oxygens (including phenoxy) is 2. The van der Waals surface area contributed by atoms with E-state index >= 15 is 0 Å². The number of likely N-dealkylation sites (tertiary alicyclic amines) is 1. The molecular weight excluding hydrogens is 432 g/mol. The molecule has 1 N–H and O–H groups in total. The van der Waals surface area contributed by atoms with Gasteiger partial charge in [-0.25, -0.2) is 4.79 Å². The van der Waals surface area contributed by atoms with Crippen LogP contribution in [0, 0.1) is 5.92 Å². The van der Waals surface area contributed by atoms with Gasteiger partial charge in [0, 0.05) is 30.2 Å². The largest absolute Gasteiger partial charge is 0.513 e. The number of hydrogen-bond donors (Lipinski definition) is 1. The van der Waals surface area contributed by atoms with Crippen LogP contribution in [0.25, 0.3) is 0 Å². The van der Waals surface area contributed by atoms with Crippen molar-refractivity contribution in [3.8, 4) is 5.75 Å². The molecule has 0 radical (unpaired) electrons. The van der Waals surface area contributed by atoms with Gasteiger partial charge >= 0.3 is 6.16 Å². The predicted octanol–water partition coefficient (Wildman–Crippen LogP) is 4.09. The molecule has 0 aliphatic carbocycles. The molecule has 1 aliphatic heterocycles. The topological polar surface area (TPSA) is 84.9 Å². The van der Waals surface area contributed by atoms with E-state index in [1.165, 1.54) is 0 Å². The van der Waals surface area contributed by atoms with Gasteiger partial charge in [-0.2, -0.15) is 0 Å². The van der Waals surface area contributed by atoms with Crippen molar-refractivity contribution < 1.29 is 23.9 Å². The van der Waals surface area contributed by atoms with Gasteiger partial charge in [0.05, 0.1) is 13.0 Å². The lowest BCUT2D eigenvalue weighted by atomic mass is 9.96. The van der Waals surface area contributed by atoms with Crippen LogP contribution in [0.4, 0.5) is 4.79 Å². The summed E-state index contributed by atoms with van der Waals surface area (Å²) in [6.07, 6.45) is 1.13. The highest BCUT2D eigenvalue weighted by atomic mass is 35.5. The number of hydrogen-bond acceptors (Lipinski definition) is 5. The zero-order valence-corrected chi connectivity index (χ0v) is 18.8. The SMILES string of the molecule is CCOC(=O)Oc1ccc(C(=O)N2CCC(CNC(=O)Cc3ccccc3Cl)CC2)cc1. The Balaban J connectivity index is 1.42. The van der Waals surface area contributed by atoms with Gasteiger partial charge in [0.2, 0.25) is 5.91 Å². The van der Waals surface area contributed by atoms with Crippen LogP contribution in [0.3, 0.4) is 0 Å². The summed E-state index contributed by atoms with van der Waals surface area (Å²) in [6, 6.07) is 13.7. The summed E-state index contributed by atoms with van der Waals surface area (Å²) >= 11 is 6.11. The first kappa shape index (κ1) is 23.6. The molecule has 2 aromatic rings. The van der Waals surface area contributed by atoms with Crippen LogP contribution in [0.2, 0.25) is 5.02 Å². The van der Waals surface area contributed by atoms with E-state index in [4.69, 9.17) is 21.1 Å². The highest BCUT2D eigenvalue weighted by molar-refractivity contribution is 6.31. The molecule has 3 rings (SSSR count). The van der Waals surface area contributed by atoms with E-state index in [-0.39, 0.29) is 24.8 Å². The monoisotopic (exact) mass is 458 g/mol. The van der Waals surface area contributed by atoms with Crippen molar-refractivity contribution in [3.05, 3.63) is 64.7 Å². The molecular formula is C24H27ClN2O5. The lowest BCUT2D eigenvalue weighted by Crippen LogP contribution is -2.41. The average Bonchev–Trinajstić information content (AvgIpc) is 2.80. The molecule has 170 valence electrons. The Morgan fingerprint density at radius 2 is 1.75 bits per heavy atom. The van der Waals surface area contributed by atoms with Crippen molar-refractivity contribution in [1.29, 1.82) is 0 Å². The number of halogens is 1. The number of benzene rings is 2. The maximum atomic E-state index is 12.8. The summed E-state index contributed by atoms with van der Waals surface area (Å²) in [6.45, 7) is 3.78. The van der Waals surface area contributed by atoms with E-state index in [2.05, 4.69) is 5.32 Å². The van der Waals surface area contributed by atoms with Gasteiger partial charge in [-0.1, -0.05) is 29.8 Å². The molecule has 1 fully saturated rings. The first-order valence-electron chi connectivity index (χ1n) is 10.7. The van der Waals surface area contributed by atoms with Gasteiger partial charge in [0.15, 0.2) is 0 Å². The highest BCUT2D eigenvalue weighted by Gasteiger charge is 2.24. The van der Waals surface area contributed by atoms with Gasteiger partial charge in [0.25, 0.3) is 5.91 Å². The van der Waals surface area contributed by atoms with Crippen LogP contribution in [0.1, 0.15) is 35.7 Å². The summed E-state index contributed by atoms with van der Waals surface area (Å²) in [7, 11) is 0. The van der Waals surface area contributed by atoms with E-state index in [1.54, 1.807) is 37.3 Å². The first-order valence-corrected chi connectivity index (χ1v) is 11.1. The van der Waals surface area contributed by atoms with Crippen molar-refractivity contribution in [2.45, 2.75) is 26.2 Å². The minimum atomic E-state index is -0.771. The third kappa shape index (κ3) is 6.72. The van der Waals surface area contributed by atoms with Crippen LogP contribution in [0.15, 0.2) is 48.5 Å². The molecule has 0 unspecified atom stereocenters. The predicted molar refractivity (Wildman–Crippen MR) is 121 cm³/mol. The van der Waals surface area contributed by atoms with Crippen molar-refractivity contribution in [2.75, 3.05) is 26.2 Å². The molecule has 0 saturated carbocycles. The lowest BCUT2D eigenvalue weighted by molar-refractivity contribution is -0.120. The maximum Gasteiger partial charge on any atom is 0.513 e. The molecule has 2 amide bonds. The summed E-state index contributed by atoms with van der Waals surface area (Å²) in [5, 5.41) is 3.57. The molecule has 0 bridgehead atoms. The zero-order chi connectivity index (χ0) is 22.9. The van der Waals surface area contributed by atoms with Gasteiger partial charge in [-0.3, -0.25) is 9.59 Å². The molecule has 0 spiro atoms. The molecule has 1 aliphatic rings. The van der Waals surface area contributed by atoms with Crippen LogP contribution < -0.4 is 10.1 Å². The van der Waals surface area contributed by atoms with Crippen molar-refractivity contribution in [2.24, 2.45) is 5.92 Å². The van der Waals surface area contributed by atoms with Gasteiger partial charge in [-0.15, -0.1) is 0 Å². The minimum absolute atomic E-state index is 0.0540. The Bertz CT molecular complexity index is 940. The molecule has 0 atom stereocenters. The zero-order valence-electron chi connectivity index (χ0n) is 18.0. The van der Waals surface area contributed by atoms with Crippen molar-refractivity contribution in [1.82, 2.24) is 10.2 Å². The maximum absolute atomic E-state index is 12.8. The summed E-state index contributed by atoms with van der Waals surface area (Å²) in [5.41, 5.74) is 1.35. The quantitative estimate of drug-likeness (QED) is 0.499. The fourth-order valence-corrected chi connectivity index (χ4v) is 3.77. The first-order chi connectivity index (χ1) is 15.5. The number of carbonyl (C=O) groups excluding carboxylic acids is 3. The van der Waals surface area contributed by atoms with E-state index in [0.29, 0.717) is 41.9 Å². The minimum Gasteiger partial charge on any atom is -0.434 e. The number of nitrogens with zero attached hydrogens (tertiary/aromatic N) is 1. The van der Waals surface area contributed by atoms with Crippen LogP contribution in [-0.2, 0) is 16.0 Å². The number of rotatable bonds is 7. The fraction of sp³-hybridized carbons (Fsp3) is 0.375. The second-order valence-corrected chi connectivity index (χ2v) is 8.02. The third-order valence-electron chi connectivity index (χ3n) is 5.36. The highest BCUT2D eigenvalue weighted by Crippen LogP contribution is 2.21. The van der Waals surface area contributed by atoms with Gasteiger partial charge < -0.3 is 19.7 Å². The third-order valence-corrected chi connectivity index (χ3v) is 5.73. The molecule has 2 aromatic carbocycles. The van der Waals surface area contributed by atoms with Gasteiger partial charge in [0.1, 0.15) is 5.75 Å². The van der Waals surface area contributed by atoms with E-state index in [0.717, 1.165) is 18.4 Å². The molecule has 0 aromatic heterocycles. The second kappa shape index (κ2) is 11.5. The number of carbonyl (C=O) groups is 3. The van der Waals surface area contributed by atoms with E-state index in [9.17, 15) is 14.4 Å². The molecule has 1 saturated heterocycles. The van der Waals surface area contributed by atoms with Crippen molar-refractivity contribution >= 4 is 29.6 Å². The Labute approximate surface area is 192 Å². The molecule has 1 heterocycles. The molecule has 8 heteroatoms. The number of piperidine rings is 1. The van der Waals surface area contributed by atoms with Crippen LogP contribution >= 0.6 is 11.6 Å². The Hall–Kier alpha value is -3.06. The van der Waals surface area contributed by atoms with E-state index < -0.39 is 6.16 Å². The fourth-order valence-electron chi connectivity index (χ4n) is 3.57. The van der Waals surface area contributed by atoms with Crippen LogP contribution in [-0.4, -0.2) is 49.1 Å². The summed E-state index contributed by atoms with van der Waals surface area (Å²) in [5.74, 6) is 0.538. The second-order valence-electron chi connectivity index (χ2n) is 7.62. The van der Waals surface area contributed by atoms with E-state index in [1.807, 2.05) is 23.1 Å². The Morgan fingerprint density at radius 1 is 1.06 bits per heavy atom. The van der Waals surface area contributed by atoms with Crippen LogP contribution in [0.5, 0.6) is 5.75 Å². The lowest BCUT2D eigenvalue weighted by Gasteiger charge is -2.32. The molecule has 32 heavy (non-hydrogen) atoms. The Morgan fingerprint density at radius 3 is 2.41 bits per heavy atom. The molecule has 7 nitrogen and oxygen atoms in total. The summed E-state index contributed by atoms with van der Waals surface area (Å²) in [4.78, 5) is 38.1. The Kier molecular flexibility index (Phi) is 8.50.